The van der Waals surface area contributed by atoms with Crippen molar-refractivity contribution in [1.82, 2.24) is 20.3 Å². The van der Waals surface area contributed by atoms with Crippen LogP contribution in [0, 0.1) is 20.8 Å². The molecule has 0 aliphatic heterocycles. The molecule has 0 aliphatic carbocycles. The van der Waals surface area contributed by atoms with Gasteiger partial charge in [0.1, 0.15) is 5.75 Å². The molecule has 0 saturated heterocycles. The molecule has 0 saturated carbocycles. The van der Waals surface area contributed by atoms with E-state index in [1.165, 1.54) is 0 Å². The van der Waals surface area contributed by atoms with Crippen LogP contribution in [-0.2, 0) is 11.8 Å². The number of aryl methyl sites for hydroxylation is 4. The van der Waals surface area contributed by atoms with Crippen molar-refractivity contribution in [3.8, 4) is 17.1 Å². The van der Waals surface area contributed by atoms with Crippen LogP contribution in [0.5, 0.6) is 5.75 Å². The molecule has 7 nitrogen and oxygen atoms in total. The fourth-order valence-corrected chi connectivity index (χ4v) is 2.79. The van der Waals surface area contributed by atoms with Crippen LogP contribution in [0.1, 0.15) is 55.9 Å². The molecule has 0 unspecified atom stereocenters. The number of nitrogens with zero attached hydrogens (tertiary/aromatic N) is 4. The van der Waals surface area contributed by atoms with Gasteiger partial charge < -0.3 is 13.8 Å². The van der Waals surface area contributed by atoms with Crippen molar-refractivity contribution in [3.63, 3.8) is 0 Å². The summed E-state index contributed by atoms with van der Waals surface area (Å²) in [6.45, 7) is 12.6. The molecule has 0 fully saturated rings. The first-order valence-electron chi connectivity index (χ1n) is 9.12. The van der Waals surface area contributed by atoms with E-state index in [1.54, 1.807) is 6.92 Å². The summed E-state index contributed by atoms with van der Waals surface area (Å²) >= 11 is 0. The molecule has 0 N–H and O–H groups in total. The van der Waals surface area contributed by atoms with E-state index < -0.39 is 0 Å². The third-order valence-electron chi connectivity index (χ3n) is 4.15. The Bertz CT molecular complexity index is 898. The van der Waals surface area contributed by atoms with Crippen LogP contribution < -0.4 is 4.74 Å². The summed E-state index contributed by atoms with van der Waals surface area (Å²) in [6.07, 6.45) is 1.53. The summed E-state index contributed by atoms with van der Waals surface area (Å²) < 4.78 is 16.4. The maximum absolute atomic E-state index is 6.01. The van der Waals surface area contributed by atoms with Crippen molar-refractivity contribution in [1.29, 1.82) is 0 Å². The maximum Gasteiger partial charge on any atom is 0.232 e. The molecular formula is C20H26N4O3. The van der Waals surface area contributed by atoms with Gasteiger partial charge in [-0.2, -0.15) is 9.97 Å². The smallest absolute Gasteiger partial charge is 0.232 e. The molecule has 2 aromatic heterocycles. The third kappa shape index (κ3) is 4.53. The largest absolute Gasteiger partial charge is 0.493 e. The van der Waals surface area contributed by atoms with E-state index in [0.29, 0.717) is 24.2 Å². The summed E-state index contributed by atoms with van der Waals surface area (Å²) in [5.41, 5.74) is 2.88. The minimum atomic E-state index is -0.130. The van der Waals surface area contributed by atoms with Crippen LogP contribution in [0.4, 0.5) is 0 Å². The SMILES string of the molecule is Cc1nc(-c2cc(C)c(OCCCc3noc(C(C)(C)C)n3)c(C)c2)no1. The van der Waals surface area contributed by atoms with Crippen molar-refractivity contribution in [2.24, 2.45) is 0 Å². The Morgan fingerprint density at radius 3 is 2.22 bits per heavy atom. The van der Waals surface area contributed by atoms with Gasteiger partial charge in [0.25, 0.3) is 0 Å². The summed E-state index contributed by atoms with van der Waals surface area (Å²) in [7, 11) is 0. The topological polar surface area (TPSA) is 87.1 Å². The van der Waals surface area contributed by atoms with Crippen LogP contribution >= 0.6 is 0 Å². The van der Waals surface area contributed by atoms with Crippen LogP contribution in [0.25, 0.3) is 11.4 Å². The Hall–Kier alpha value is -2.70. The highest BCUT2D eigenvalue weighted by Gasteiger charge is 2.21. The lowest BCUT2D eigenvalue weighted by atomic mass is 9.97. The van der Waals surface area contributed by atoms with Gasteiger partial charge in [-0.3, -0.25) is 0 Å². The fourth-order valence-electron chi connectivity index (χ4n) is 2.79. The third-order valence-corrected chi connectivity index (χ3v) is 4.15. The normalized spacial score (nSPS) is 11.8. The Kier molecular flexibility index (Phi) is 5.30. The molecule has 3 aromatic rings. The monoisotopic (exact) mass is 370 g/mol. The molecule has 2 heterocycles. The molecule has 7 heteroatoms. The second-order valence-electron chi connectivity index (χ2n) is 7.79. The zero-order chi connectivity index (χ0) is 19.6. The molecule has 144 valence electrons. The molecule has 0 bridgehead atoms. The zero-order valence-corrected chi connectivity index (χ0v) is 16.8. The van der Waals surface area contributed by atoms with Crippen molar-refractivity contribution in [2.45, 2.75) is 59.8 Å². The van der Waals surface area contributed by atoms with Crippen LogP contribution in [0.15, 0.2) is 21.2 Å². The summed E-state index contributed by atoms with van der Waals surface area (Å²) in [5.74, 6) is 3.42. The van der Waals surface area contributed by atoms with E-state index in [1.807, 2.05) is 26.0 Å². The highest BCUT2D eigenvalue weighted by molar-refractivity contribution is 5.60. The molecule has 3 rings (SSSR count). The van der Waals surface area contributed by atoms with E-state index in [0.717, 1.165) is 41.1 Å². The van der Waals surface area contributed by atoms with Gasteiger partial charge in [0.2, 0.25) is 17.6 Å². The lowest BCUT2D eigenvalue weighted by Crippen LogP contribution is -2.11. The number of hydrogen-bond donors (Lipinski definition) is 0. The van der Waals surface area contributed by atoms with Gasteiger partial charge in [0.15, 0.2) is 5.82 Å². The van der Waals surface area contributed by atoms with Gasteiger partial charge >= 0.3 is 0 Å². The Labute approximate surface area is 159 Å². The van der Waals surface area contributed by atoms with E-state index in [2.05, 4.69) is 41.1 Å². The number of rotatable bonds is 6. The molecule has 0 amide bonds. The fraction of sp³-hybridized carbons (Fsp3) is 0.500. The lowest BCUT2D eigenvalue weighted by molar-refractivity contribution is 0.302. The highest BCUT2D eigenvalue weighted by Crippen LogP contribution is 2.29. The minimum absolute atomic E-state index is 0.130. The zero-order valence-electron chi connectivity index (χ0n) is 16.8. The second kappa shape index (κ2) is 7.50. The Morgan fingerprint density at radius 2 is 1.67 bits per heavy atom. The molecule has 27 heavy (non-hydrogen) atoms. The predicted molar refractivity (Wildman–Crippen MR) is 101 cm³/mol. The standard InChI is InChI=1S/C20H26N4O3/c1-12-10-15(18-21-14(3)26-24-18)11-13(2)17(12)25-9-7-8-16-22-19(27-23-16)20(4,5)6/h10-11H,7-9H2,1-6H3. The Morgan fingerprint density at radius 1 is 0.963 bits per heavy atom. The van der Waals surface area contributed by atoms with Gasteiger partial charge in [0, 0.05) is 24.3 Å². The lowest BCUT2D eigenvalue weighted by Gasteiger charge is -2.13. The molecule has 0 spiro atoms. The van der Waals surface area contributed by atoms with Gasteiger partial charge in [0.05, 0.1) is 6.61 Å². The van der Waals surface area contributed by atoms with E-state index in [-0.39, 0.29) is 5.41 Å². The van der Waals surface area contributed by atoms with E-state index >= 15 is 0 Å². The van der Waals surface area contributed by atoms with Crippen molar-refractivity contribution >= 4 is 0 Å². The van der Waals surface area contributed by atoms with E-state index in [4.69, 9.17) is 13.8 Å². The first kappa shape index (κ1) is 19.1. The summed E-state index contributed by atoms with van der Waals surface area (Å²) in [6, 6.07) is 4.03. The van der Waals surface area contributed by atoms with Gasteiger partial charge in [-0.1, -0.05) is 31.1 Å². The first-order chi connectivity index (χ1) is 12.7. The van der Waals surface area contributed by atoms with Gasteiger partial charge in [-0.15, -0.1) is 0 Å². The quantitative estimate of drug-likeness (QED) is 0.596. The van der Waals surface area contributed by atoms with Crippen LogP contribution in [0.3, 0.4) is 0 Å². The average Bonchev–Trinajstić information content (AvgIpc) is 3.22. The van der Waals surface area contributed by atoms with Gasteiger partial charge in [-0.05, 0) is 43.5 Å². The molecule has 1 aromatic carbocycles. The van der Waals surface area contributed by atoms with Gasteiger partial charge in [-0.25, -0.2) is 0 Å². The summed E-state index contributed by atoms with van der Waals surface area (Å²) in [4.78, 5) is 8.73. The summed E-state index contributed by atoms with van der Waals surface area (Å²) in [5, 5.41) is 8.02. The Balaban J connectivity index is 1.59. The molecule has 0 radical (unpaired) electrons. The first-order valence-corrected chi connectivity index (χ1v) is 9.12. The molecule has 0 atom stereocenters. The number of benzene rings is 1. The predicted octanol–water partition coefficient (Wildman–Crippen LogP) is 4.35. The highest BCUT2D eigenvalue weighted by atomic mass is 16.5. The van der Waals surface area contributed by atoms with Crippen LogP contribution in [0.2, 0.25) is 0 Å². The number of ether oxygens (including phenoxy) is 1. The average molecular weight is 370 g/mol. The molecular weight excluding hydrogens is 344 g/mol. The number of hydrogen-bond acceptors (Lipinski definition) is 7. The second-order valence-corrected chi connectivity index (χ2v) is 7.79. The molecule has 0 aliphatic rings. The van der Waals surface area contributed by atoms with Crippen molar-refractivity contribution < 1.29 is 13.8 Å². The number of aromatic nitrogens is 4. The van der Waals surface area contributed by atoms with Crippen molar-refractivity contribution in [3.05, 3.63) is 40.9 Å². The van der Waals surface area contributed by atoms with Crippen LogP contribution in [-0.4, -0.2) is 26.9 Å². The minimum Gasteiger partial charge on any atom is -0.493 e. The maximum atomic E-state index is 6.01. The van der Waals surface area contributed by atoms with E-state index in [9.17, 15) is 0 Å². The van der Waals surface area contributed by atoms with Crippen molar-refractivity contribution in [2.75, 3.05) is 6.61 Å².